The van der Waals surface area contributed by atoms with Crippen molar-refractivity contribution >= 4 is 27.5 Å². The van der Waals surface area contributed by atoms with Gasteiger partial charge in [-0.3, -0.25) is 9.59 Å². The Balaban J connectivity index is 1.91. The predicted molar refractivity (Wildman–Crippen MR) is 103 cm³/mol. The van der Waals surface area contributed by atoms with Gasteiger partial charge in [-0.15, -0.1) is 0 Å². The molecule has 0 heterocycles. The van der Waals surface area contributed by atoms with Crippen molar-refractivity contribution in [2.24, 2.45) is 0 Å². The van der Waals surface area contributed by atoms with Crippen molar-refractivity contribution in [1.82, 2.24) is 5.32 Å². The number of ketones is 1. The van der Waals surface area contributed by atoms with Gasteiger partial charge < -0.3 is 10.1 Å². The molecular weight excluding hydrogens is 382 g/mol. The molecular formula is C20H21NO6S. The molecule has 0 aromatic heterocycles. The molecule has 0 unspecified atom stereocenters. The number of esters is 1. The number of carbonyl (C=O) groups excluding carboxylic acids is 3. The summed E-state index contributed by atoms with van der Waals surface area (Å²) in [4.78, 5) is 35.9. The van der Waals surface area contributed by atoms with E-state index in [0.717, 1.165) is 11.8 Å². The largest absolute Gasteiger partial charge is 0.452 e. The summed E-state index contributed by atoms with van der Waals surface area (Å²) in [6.45, 7) is 0.828. The Kier molecular flexibility index (Phi) is 7.06. The van der Waals surface area contributed by atoms with Crippen LogP contribution in [0.3, 0.4) is 0 Å². The minimum absolute atomic E-state index is 0.0759. The van der Waals surface area contributed by atoms with E-state index in [0.29, 0.717) is 6.42 Å². The summed E-state index contributed by atoms with van der Waals surface area (Å²) in [6.07, 6.45) is 1.40. The van der Waals surface area contributed by atoms with Gasteiger partial charge in [0, 0.05) is 6.26 Å². The number of nitrogens with one attached hydrogen (secondary N) is 1. The van der Waals surface area contributed by atoms with E-state index in [1.165, 1.54) is 31.2 Å². The number of amides is 1. The number of carbonyl (C=O) groups is 3. The van der Waals surface area contributed by atoms with Crippen LogP contribution in [-0.4, -0.2) is 45.0 Å². The number of ether oxygens (including phenoxy) is 1. The summed E-state index contributed by atoms with van der Waals surface area (Å²) in [7, 11) is -3.37. The maximum atomic E-state index is 12.0. The molecule has 0 fully saturated rings. The summed E-state index contributed by atoms with van der Waals surface area (Å²) in [6, 6.07) is 13.7. The van der Waals surface area contributed by atoms with E-state index in [1.807, 2.05) is 30.3 Å². The summed E-state index contributed by atoms with van der Waals surface area (Å²) >= 11 is 0. The van der Waals surface area contributed by atoms with Crippen molar-refractivity contribution in [3.63, 3.8) is 0 Å². The summed E-state index contributed by atoms with van der Waals surface area (Å²) < 4.78 is 27.8. The zero-order valence-corrected chi connectivity index (χ0v) is 16.4. The van der Waals surface area contributed by atoms with Gasteiger partial charge in [0.2, 0.25) is 0 Å². The third-order valence-corrected chi connectivity index (χ3v) is 5.09. The molecule has 1 amide bonds. The first kappa shape index (κ1) is 21.3. The molecule has 148 valence electrons. The summed E-state index contributed by atoms with van der Waals surface area (Å²) in [5.74, 6) is -1.57. The first-order valence-corrected chi connectivity index (χ1v) is 10.4. The van der Waals surface area contributed by atoms with E-state index in [4.69, 9.17) is 4.74 Å². The lowest BCUT2D eigenvalue weighted by Crippen LogP contribution is -2.43. The van der Waals surface area contributed by atoms with Crippen LogP contribution in [0, 0.1) is 0 Å². The van der Waals surface area contributed by atoms with E-state index in [9.17, 15) is 22.8 Å². The topological polar surface area (TPSA) is 107 Å². The molecule has 2 aromatic rings. The molecule has 0 aliphatic carbocycles. The van der Waals surface area contributed by atoms with E-state index in [2.05, 4.69) is 5.32 Å². The standard InChI is InChI=1S/C20H21NO6S/c1-14(22)18(12-15-6-4-3-5-7-15)21-19(23)13-27-20(24)16-8-10-17(11-9-16)28(2,25)26/h3-11,18H,12-13H2,1-2H3,(H,21,23)/t18-/m0/s1. The Bertz CT molecular complexity index is 952. The molecule has 0 spiro atoms. The first-order valence-electron chi connectivity index (χ1n) is 8.48. The average Bonchev–Trinajstić information content (AvgIpc) is 2.65. The number of hydrogen-bond donors (Lipinski definition) is 1. The van der Waals surface area contributed by atoms with E-state index in [-0.39, 0.29) is 16.2 Å². The molecule has 8 heteroatoms. The molecule has 7 nitrogen and oxygen atoms in total. The maximum absolute atomic E-state index is 12.0. The maximum Gasteiger partial charge on any atom is 0.338 e. The highest BCUT2D eigenvalue weighted by atomic mass is 32.2. The smallest absolute Gasteiger partial charge is 0.338 e. The van der Waals surface area contributed by atoms with E-state index < -0.39 is 34.4 Å². The second kappa shape index (κ2) is 9.27. The molecule has 2 rings (SSSR count). The highest BCUT2D eigenvalue weighted by Crippen LogP contribution is 2.11. The van der Waals surface area contributed by atoms with Crippen molar-refractivity contribution < 1.29 is 27.5 Å². The van der Waals surface area contributed by atoms with Crippen molar-refractivity contribution in [3.05, 3.63) is 65.7 Å². The van der Waals surface area contributed by atoms with Crippen LogP contribution >= 0.6 is 0 Å². The lowest BCUT2D eigenvalue weighted by molar-refractivity contribution is -0.128. The summed E-state index contributed by atoms with van der Waals surface area (Å²) in [5, 5.41) is 2.56. The van der Waals surface area contributed by atoms with Crippen LogP contribution in [0.5, 0.6) is 0 Å². The van der Waals surface area contributed by atoms with Gasteiger partial charge in [-0.25, -0.2) is 13.2 Å². The van der Waals surface area contributed by atoms with E-state index in [1.54, 1.807) is 0 Å². The highest BCUT2D eigenvalue weighted by molar-refractivity contribution is 7.90. The average molecular weight is 403 g/mol. The number of rotatable bonds is 8. The van der Waals surface area contributed by atoms with Crippen molar-refractivity contribution in [1.29, 1.82) is 0 Å². The molecule has 0 aliphatic heterocycles. The molecule has 28 heavy (non-hydrogen) atoms. The molecule has 2 aromatic carbocycles. The molecule has 0 saturated heterocycles. The van der Waals surface area contributed by atoms with Gasteiger partial charge in [0.05, 0.1) is 16.5 Å². The van der Waals surface area contributed by atoms with Gasteiger partial charge in [0.15, 0.2) is 22.2 Å². The molecule has 0 saturated carbocycles. The second-order valence-electron chi connectivity index (χ2n) is 6.29. The monoisotopic (exact) mass is 403 g/mol. The van der Waals surface area contributed by atoms with Crippen LogP contribution in [0.4, 0.5) is 0 Å². The number of benzene rings is 2. The van der Waals surface area contributed by atoms with Gasteiger partial charge in [-0.1, -0.05) is 30.3 Å². The zero-order valence-electron chi connectivity index (χ0n) is 15.5. The molecule has 0 bridgehead atoms. The van der Waals surface area contributed by atoms with Crippen molar-refractivity contribution in [2.75, 3.05) is 12.9 Å². The van der Waals surface area contributed by atoms with Gasteiger partial charge in [-0.2, -0.15) is 0 Å². The normalized spacial score (nSPS) is 12.1. The van der Waals surface area contributed by atoms with Crippen molar-refractivity contribution in [3.8, 4) is 0 Å². The second-order valence-corrected chi connectivity index (χ2v) is 8.31. The first-order chi connectivity index (χ1) is 13.2. The number of sulfone groups is 1. The lowest BCUT2D eigenvalue weighted by atomic mass is 10.0. The van der Waals surface area contributed by atoms with Gasteiger partial charge >= 0.3 is 5.97 Å². The number of hydrogen-bond acceptors (Lipinski definition) is 6. The van der Waals surface area contributed by atoms with E-state index >= 15 is 0 Å². The quantitative estimate of drug-likeness (QED) is 0.671. The minimum atomic E-state index is -3.37. The van der Waals surface area contributed by atoms with Gasteiger partial charge in [-0.05, 0) is 43.2 Å². The fraction of sp³-hybridized carbons (Fsp3) is 0.250. The number of Topliss-reactive ketones (excluding diaryl/α,β-unsaturated/α-hetero) is 1. The molecule has 0 radical (unpaired) electrons. The van der Waals surface area contributed by atoms with Gasteiger partial charge in [0.25, 0.3) is 5.91 Å². The van der Waals surface area contributed by atoms with Gasteiger partial charge in [0.1, 0.15) is 0 Å². The van der Waals surface area contributed by atoms with Crippen LogP contribution in [-0.2, 0) is 30.6 Å². The Morgan fingerprint density at radius 3 is 2.14 bits per heavy atom. The Morgan fingerprint density at radius 2 is 1.61 bits per heavy atom. The zero-order chi connectivity index (χ0) is 20.7. The Morgan fingerprint density at radius 1 is 1.00 bits per heavy atom. The Hall–Kier alpha value is -3.00. The summed E-state index contributed by atoms with van der Waals surface area (Å²) in [5.41, 5.74) is 1.01. The van der Waals surface area contributed by atoms with Crippen molar-refractivity contribution in [2.45, 2.75) is 24.3 Å². The molecule has 1 N–H and O–H groups in total. The van der Waals surface area contributed by atoms with Crippen LogP contribution in [0.2, 0.25) is 0 Å². The minimum Gasteiger partial charge on any atom is -0.452 e. The van der Waals surface area contributed by atoms with Crippen LogP contribution < -0.4 is 5.32 Å². The van der Waals surface area contributed by atoms with Crippen LogP contribution in [0.1, 0.15) is 22.8 Å². The lowest BCUT2D eigenvalue weighted by Gasteiger charge is -2.16. The fourth-order valence-corrected chi connectivity index (χ4v) is 3.07. The molecule has 0 aliphatic rings. The molecule has 1 atom stereocenters. The van der Waals surface area contributed by atoms with Crippen LogP contribution in [0.25, 0.3) is 0 Å². The van der Waals surface area contributed by atoms with Crippen LogP contribution in [0.15, 0.2) is 59.5 Å². The Labute approximate surface area is 163 Å². The SMILES string of the molecule is CC(=O)[C@H](Cc1ccccc1)NC(=O)COC(=O)c1ccc(S(C)(=O)=O)cc1. The highest BCUT2D eigenvalue weighted by Gasteiger charge is 2.19. The third kappa shape index (κ3) is 6.31. The third-order valence-electron chi connectivity index (χ3n) is 3.96. The predicted octanol–water partition coefficient (Wildman–Crippen LogP) is 1.56. The fourth-order valence-electron chi connectivity index (χ4n) is 2.43.